The summed E-state index contributed by atoms with van der Waals surface area (Å²) >= 11 is 0. The second-order valence-corrected chi connectivity index (χ2v) is 8.90. The Balaban J connectivity index is 2.13. The van der Waals surface area contributed by atoms with Crippen LogP contribution in [-0.4, -0.2) is 11.6 Å². The second-order valence-electron chi connectivity index (χ2n) is 8.90. The normalized spacial score (nSPS) is 25.0. The summed E-state index contributed by atoms with van der Waals surface area (Å²) < 4.78 is 0. The van der Waals surface area contributed by atoms with Crippen LogP contribution in [0.5, 0.6) is 0 Å². The van der Waals surface area contributed by atoms with Gasteiger partial charge in [-0.1, -0.05) is 38.8 Å². The molecule has 2 aliphatic rings. The molecule has 0 aliphatic heterocycles. The zero-order chi connectivity index (χ0) is 16.7. The van der Waals surface area contributed by atoms with Crippen LogP contribution < -0.4 is 0 Å². The molecule has 0 amide bonds. The Morgan fingerprint density at radius 3 is 1.27 bits per heavy atom. The molecule has 0 fully saturated rings. The summed E-state index contributed by atoms with van der Waals surface area (Å²) in [5.74, 6) is 0.575. The highest BCUT2D eigenvalue weighted by atomic mass is 16.1. The molecule has 0 saturated carbocycles. The van der Waals surface area contributed by atoms with Crippen molar-refractivity contribution in [3.63, 3.8) is 0 Å². The number of ketones is 2. The van der Waals surface area contributed by atoms with Gasteiger partial charge in [-0.15, -0.1) is 0 Å². The monoisotopic (exact) mass is 302 g/mol. The Bertz CT molecular complexity index is 519. The van der Waals surface area contributed by atoms with Gasteiger partial charge in [-0.25, -0.2) is 0 Å². The first-order valence-electron chi connectivity index (χ1n) is 8.44. The molecule has 2 aliphatic carbocycles. The van der Waals surface area contributed by atoms with Crippen LogP contribution >= 0.6 is 0 Å². The Morgan fingerprint density at radius 2 is 1.00 bits per heavy atom. The van der Waals surface area contributed by atoms with E-state index < -0.39 is 0 Å². The van der Waals surface area contributed by atoms with E-state index in [2.05, 4.69) is 41.5 Å². The van der Waals surface area contributed by atoms with Gasteiger partial charge in [0.05, 0.1) is 0 Å². The Hall–Kier alpha value is -1.18. The van der Waals surface area contributed by atoms with E-state index in [9.17, 15) is 9.59 Å². The van der Waals surface area contributed by atoms with Crippen LogP contribution in [0.15, 0.2) is 22.3 Å². The fourth-order valence-corrected chi connectivity index (χ4v) is 4.29. The van der Waals surface area contributed by atoms with Crippen molar-refractivity contribution in [3.05, 3.63) is 22.3 Å². The van der Waals surface area contributed by atoms with Gasteiger partial charge < -0.3 is 0 Å². The van der Waals surface area contributed by atoms with Gasteiger partial charge in [-0.3, -0.25) is 9.59 Å². The van der Waals surface area contributed by atoms with Crippen molar-refractivity contribution < 1.29 is 9.59 Å². The molecule has 0 unspecified atom stereocenters. The number of hydrogen-bond donors (Lipinski definition) is 0. The lowest BCUT2D eigenvalue weighted by Gasteiger charge is -2.33. The molecule has 2 nitrogen and oxygen atoms in total. The molecule has 0 aromatic heterocycles. The van der Waals surface area contributed by atoms with Gasteiger partial charge in [-0.2, -0.15) is 0 Å². The molecule has 0 bridgehead atoms. The van der Waals surface area contributed by atoms with E-state index in [0.29, 0.717) is 12.8 Å². The van der Waals surface area contributed by atoms with Crippen LogP contribution in [0.2, 0.25) is 0 Å². The first-order valence-corrected chi connectivity index (χ1v) is 8.44. The summed E-state index contributed by atoms with van der Waals surface area (Å²) in [4.78, 5) is 24.8. The van der Waals surface area contributed by atoms with Gasteiger partial charge in [-0.05, 0) is 61.5 Å². The zero-order valence-corrected chi connectivity index (χ0v) is 15.1. The van der Waals surface area contributed by atoms with E-state index in [4.69, 9.17) is 0 Å². The Labute approximate surface area is 135 Å². The molecule has 0 atom stereocenters. The molecule has 22 heavy (non-hydrogen) atoms. The van der Waals surface area contributed by atoms with Gasteiger partial charge in [0.25, 0.3) is 0 Å². The molecule has 0 aromatic rings. The van der Waals surface area contributed by atoms with E-state index in [1.54, 1.807) is 0 Å². The number of hydrogen-bond acceptors (Lipinski definition) is 2. The van der Waals surface area contributed by atoms with Crippen LogP contribution in [-0.2, 0) is 9.59 Å². The maximum Gasteiger partial charge on any atom is 0.159 e. The number of rotatable bonds is 3. The SMILES string of the molecule is CC1=C(CCC2=C(C)CC(C)(C)CC2=O)C(=O)CC(C)(C)C1. The van der Waals surface area contributed by atoms with Crippen molar-refractivity contribution in [1.82, 2.24) is 0 Å². The van der Waals surface area contributed by atoms with Gasteiger partial charge >= 0.3 is 0 Å². The highest BCUT2D eigenvalue weighted by molar-refractivity contribution is 5.99. The number of carbonyl (C=O) groups excluding carboxylic acids is 2. The molecular formula is C20H30O2. The van der Waals surface area contributed by atoms with Gasteiger partial charge in [0.15, 0.2) is 11.6 Å². The highest BCUT2D eigenvalue weighted by Crippen LogP contribution is 2.41. The van der Waals surface area contributed by atoms with Crippen LogP contribution in [0.1, 0.15) is 80.1 Å². The minimum absolute atomic E-state index is 0.0878. The summed E-state index contributed by atoms with van der Waals surface area (Å²) in [7, 11) is 0. The largest absolute Gasteiger partial charge is 0.295 e. The topological polar surface area (TPSA) is 34.1 Å². The van der Waals surface area contributed by atoms with E-state index >= 15 is 0 Å². The standard InChI is InChI=1S/C20H30O2/c1-13-9-19(3,4)11-17(21)15(13)7-8-16-14(2)10-20(5,6)12-18(16)22/h7-12H2,1-6H3. The fourth-order valence-electron chi connectivity index (χ4n) is 4.29. The van der Waals surface area contributed by atoms with Gasteiger partial charge in [0, 0.05) is 12.8 Å². The Kier molecular flexibility index (Phi) is 4.52. The average molecular weight is 302 g/mol. The average Bonchev–Trinajstić information content (AvgIpc) is 2.27. The summed E-state index contributed by atoms with van der Waals surface area (Å²) in [6.07, 6.45) is 4.73. The van der Waals surface area contributed by atoms with E-state index in [1.807, 2.05) is 0 Å². The van der Waals surface area contributed by atoms with Crippen molar-refractivity contribution in [1.29, 1.82) is 0 Å². The maximum absolute atomic E-state index is 12.4. The molecule has 2 rings (SSSR count). The van der Waals surface area contributed by atoms with E-state index in [1.165, 1.54) is 11.1 Å². The third-order valence-electron chi connectivity index (χ3n) is 5.09. The molecular weight excluding hydrogens is 272 g/mol. The summed E-state index contributed by atoms with van der Waals surface area (Å²) in [5.41, 5.74) is 4.59. The smallest absolute Gasteiger partial charge is 0.159 e. The van der Waals surface area contributed by atoms with Crippen molar-refractivity contribution in [2.75, 3.05) is 0 Å². The lowest BCUT2D eigenvalue weighted by Crippen LogP contribution is -2.27. The third-order valence-corrected chi connectivity index (χ3v) is 5.09. The summed E-state index contributed by atoms with van der Waals surface area (Å²) in [5, 5.41) is 0. The zero-order valence-electron chi connectivity index (χ0n) is 15.1. The van der Waals surface area contributed by atoms with Crippen molar-refractivity contribution in [3.8, 4) is 0 Å². The quantitative estimate of drug-likeness (QED) is 0.720. The number of Topliss-reactive ketones (excluding diaryl/α,β-unsaturated/α-hetero) is 2. The second kappa shape index (κ2) is 5.79. The predicted molar refractivity (Wildman–Crippen MR) is 90.7 cm³/mol. The van der Waals surface area contributed by atoms with E-state index in [0.717, 1.165) is 36.8 Å². The first kappa shape index (κ1) is 17.2. The van der Waals surface area contributed by atoms with E-state index in [-0.39, 0.29) is 22.4 Å². The fraction of sp³-hybridized carbons (Fsp3) is 0.700. The maximum atomic E-state index is 12.4. The Morgan fingerprint density at radius 1 is 0.682 bits per heavy atom. The minimum Gasteiger partial charge on any atom is -0.295 e. The van der Waals surface area contributed by atoms with Gasteiger partial charge in [0.2, 0.25) is 0 Å². The van der Waals surface area contributed by atoms with Crippen LogP contribution in [0, 0.1) is 10.8 Å². The highest BCUT2D eigenvalue weighted by Gasteiger charge is 2.33. The molecule has 0 aromatic carbocycles. The van der Waals surface area contributed by atoms with Crippen LogP contribution in [0.25, 0.3) is 0 Å². The lowest BCUT2D eigenvalue weighted by molar-refractivity contribution is -0.119. The summed E-state index contributed by atoms with van der Waals surface area (Å²) in [6, 6.07) is 0. The first-order chi connectivity index (χ1) is 10.0. The molecule has 0 radical (unpaired) electrons. The molecule has 2 heteroatoms. The lowest BCUT2D eigenvalue weighted by atomic mass is 9.71. The third kappa shape index (κ3) is 3.77. The van der Waals surface area contributed by atoms with Crippen LogP contribution in [0.4, 0.5) is 0 Å². The van der Waals surface area contributed by atoms with Crippen molar-refractivity contribution >= 4 is 11.6 Å². The molecule has 0 spiro atoms. The van der Waals surface area contributed by atoms with Gasteiger partial charge in [0.1, 0.15) is 0 Å². The minimum atomic E-state index is 0.0878. The molecule has 0 heterocycles. The predicted octanol–water partition coefficient (Wildman–Crippen LogP) is 5.18. The molecule has 0 N–H and O–H groups in total. The molecule has 0 saturated heterocycles. The van der Waals surface area contributed by atoms with Crippen molar-refractivity contribution in [2.24, 2.45) is 10.8 Å². The summed E-state index contributed by atoms with van der Waals surface area (Å²) in [6.45, 7) is 12.8. The van der Waals surface area contributed by atoms with Crippen molar-refractivity contribution in [2.45, 2.75) is 80.1 Å². The number of carbonyl (C=O) groups is 2. The molecule has 122 valence electrons. The number of allylic oxidation sites excluding steroid dienone is 4. The van der Waals surface area contributed by atoms with Crippen LogP contribution in [0.3, 0.4) is 0 Å².